The van der Waals surface area contributed by atoms with Crippen LogP contribution in [-0.4, -0.2) is 319 Å². The van der Waals surface area contributed by atoms with E-state index in [-0.39, 0.29) is 146 Å². The molecule has 2 aromatic heterocycles. The number of H-pyrrole nitrogens is 2. The first-order valence-corrected chi connectivity index (χ1v) is 39.0. The lowest BCUT2D eigenvalue weighted by molar-refractivity contribution is -0.141. The van der Waals surface area contributed by atoms with Gasteiger partial charge in [-0.25, -0.2) is 9.37 Å². The van der Waals surface area contributed by atoms with Crippen LogP contribution in [0.25, 0.3) is 10.9 Å². The number of piperidine rings is 1. The van der Waals surface area contributed by atoms with Crippen LogP contribution in [-0.2, 0) is 91.2 Å². The number of carbonyl (C=O) groups is 15. The van der Waals surface area contributed by atoms with Gasteiger partial charge in [-0.3, -0.25) is 96.4 Å². The van der Waals surface area contributed by atoms with Crippen LogP contribution >= 0.6 is 11.8 Å². The number of benzene rings is 2. The van der Waals surface area contributed by atoms with Gasteiger partial charge >= 0.3 is 17.9 Å². The van der Waals surface area contributed by atoms with Crippen LogP contribution < -0.4 is 59.3 Å². The zero-order chi connectivity index (χ0) is 83.3. The number of amides is 12. The molecular weight excluding hydrogens is 1510 g/mol. The van der Waals surface area contributed by atoms with Gasteiger partial charge < -0.3 is 89.5 Å². The highest BCUT2D eigenvalue weighted by molar-refractivity contribution is 7.99. The van der Waals surface area contributed by atoms with Gasteiger partial charge in [-0.2, -0.15) is 0 Å². The summed E-state index contributed by atoms with van der Waals surface area (Å²) in [6.45, 7) is 8.57. The number of primary amides is 2. The molecule has 0 spiro atoms. The summed E-state index contributed by atoms with van der Waals surface area (Å²) in [5, 5.41) is 53.3. The van der Waals surface area contributed by atoms with Crippen molar-refractivity contribution in [1.82, 2.24) is 92.2 Å². The molecule has 12 amide bonds. The Kier molecular flexibility index (Phi) is 35.5. The predicted molar refractivity (Wildman–Crippen MR) is 413 cm³/mol. The number of fused-ring (bicyclic) bond motifs is 1. The number of para-hydroxylation sites is 1. The summed E-state index contributed by atoms with van der Waals surface area (Å²) in [4.78, 5) is 221. The van der Waals surface area contributed by atoms with Crippen molar-refractivity contribution in [3.8, 4) is 0 Å². The maximum atomic E-state index is 15.1. The van der Waals surface area contributed by atoms with E-state index in [1.54, 1.807) is 69.8 Å². The van der Waals surface area contributed by atoms with Crippen molar-refractivity contribution in [2.75, 3.05) is 116 Å². The van der Waals surface area contributed by atoms with Crippen molar-refractivity contribution in [3.63, 3.8) is 0 Å². The number of likely N-dealkylation sites (tertiary alicyclic amines) is 1. The third-order valence-corrected chi connectivity index (χ3v) is 20.6. The number of halogens is 1. The molecule has 0 bridgehead atoms. The smallest absolute Gasteiger partial charge is 0.317 e. The number of rotatable bonds is 40. The molecule has 2 aromatic carbocycles. The minimum Gasteiger partial charge on any atom is -0.480 e. The number of hydrogen-bond donors (Lipinski definition) is 16. The molecule has 8 atom stereocenters. The van der Waals surface area contributed by atoms with Crippen LogP contribution in [0.5, 0.6) is 0 Å². The fraction of sp³-hybridized carbons (Fsp3) is 0.568. The van der Waals surface area contributed by atoms with Gasteiger partial charge in [0.25, 0.3) is 0 Å². The fourth-order valence-corrected chi connectivity index (χ4v) is 14.7. The molecule has 4 aromatic rings. The highest BCUT2D eigenvalue weighted by Crippen LogP contribution is 2.25. The maximum Gasteiger partial charge on any atom is 0.317 e. The van der Waals surface area contributed by atoms with E-state index in [1.807, 2.05) is 18.7 Å². The normalized spacial score (nSPS) is 17.8. The lowest BCUT2D eigenvalue weighted by Crippen LogP contribution is -2.60. The molecule has 3 saturated heterocycles. The predicted octanol–water partition coefficient (Wildman–Crippen LogP) is -4.00. The quantitative estimate of drug-likeness (QED) is 0.0202. The summed E-state index contributed by atoms with van der Waals surface area (Å²) >= 11 is 1.33. The van der Waals surface area contributed by atoms with Crippen LogP contribution in [0.3, 0.4) is 0 Å². The zero-order valence-corrected chi connectivity index (χ0v) is 65.4. The molecule has 38 nitrogen and oxygen atoms in total. The van der Waals surface area contributed by atoms with Crippen molar-refractivity contribution >= 4 is 111 Å². The van der Waals surface area contributed by atoms with Crippen LogP contribution in [0.1, 0.15) is 83.5 Å². The standard InChI is InChI=1S/C74H107FN20O18S/c1-43(2)28-56(74(113)95-42-114-40-57(95)67(77)106)88-72(111)55(31-49-33-78-41-81-49)84-59(97)34-80-73(112)65(44(3)4)89-68(107)45(5)82-70(109)54(30-47-32-79-66-50(47)12-9-13-51(66)75)87-69(108)52(14-15-58(76)96)86-71(110)53(29-46-10-7-6-8-11-46)85-61(99)36-90-18-16-48(17-19-90)83-60(98)35-91-20-22-92(37-62(100)101)24-26-94(39-64(104)105)27-25-93(23-21-91)38-63(102)103/h6-13,32-33,41,43-45,48,52-57,65,79H,14-31,34-40,42H2,1-5H3,(H2,76,96)(H2,77,106)(H,78,81)(H,80,112)(H,82,109)(H,83,98)(H,84,97)(H,85,99)(H,86,110)(H,87,108)(H,88,111)(H,89,107)(H,100,101)(H,102,103)(H,104,105)/t45-,52-,53+,54-,55-,56?,57-,65-/m0/s1. The Morgan fingerprint density at radius 2 is 1.09 bits per heavy atom. The molecule has 7 rings (SSSR count). The number of nitrogens with one attached hydrogen (secondary N) is 11. The molecule has 114 heavy (non-hydrogen) atoms. The van der Waals surface area contributed by atoms with Gasteiger partial charge in [-0.05, 0) is 61.6 Å². The highest BCUT2D eigenvalue weighted by atomic mass is 32.2. The number of aromatic nitrogens is 3. The van der Waals surface area contributed by atoms with E-state index in [4.69, 9.17) is 11.5 Å². The topological polar surface area (TPSA) is 541 Å². The first-order valence-electron chi connectivity index (χ1n) is 37.8. The van der Waals surface area contributed by atoms with Crippen LogP contribution in [0.4, 0.5) is 4.39 Å². The second kappa shape index (κ2) is 44.7. The monoisotopic (exact) mass is 1610 g/mol. The molecule has 5 heterocycles. The molecule has 18 N–H and O–H groups in total. The van der Waals surface area contributed by atoms with E-state index in [0.717, 1.165) is 0 Å². The Morgan fingerprint density at radius 1 is 0.561 bits per heavy atom. The van der Waals surface area contributed by atoms with Gasteiger partial charge in [0.2, 0.25) is 70.9 Å². The minimum absolute atomic E-state index is 0.0698. The number of aliphatic carboxylic acids is 3. The maximum absolute atomic E-state index is 15.1. The third-order valence-electron chi connectivity index (χ3n) is 19.6. The number of aromatic amines is 2. The Morgan fingerprint density at radius 3 is 1.64 bits per heavy atom. The molecular formula is C74H107FN20O18S. The minimum atomic E-state index is -1.62. The zero-order valence-electron chi connectivity index (χ0n) is 64.6. The van der Waals surface area contributed by atoms with Gasteiger partial charge in [-0.15, -0.1) is 11.8 Å². The van der Waals surface area contributed by atoms with E-state index >= 15 is 4.39 Å². The van der Waals surface area contributed by atoms with Crippen molar-refractivity contribution in [2.45, 2.75) is 140 Å². The van der Waals surface area contributed by atoms with Crippen LogP contribution in [0.15, 0.2) is 67.3 Å². The average Bonchev–Trinajstić information content (AvgIpc) is 1.66. The van der Waals surface area contributed by atoms with Gasteiger partial charge in [0.15, 0.2) is 0 Å². The van der Waals surface area contributed by atoms with Crippen molar-refractivity contribution in [1.29, 1.82) is 0 Å². The average molecular weight is 1620 g/mol. The van der Waals surface area contributed by atoms with Crippen LogP contribution in [0.2, 0.25) is 0 Å². The summed E-state index contributed by atoms with van der Waals surface area (Å²) in [5.41, 5.74) is 12.6. The number of nitrogens with two attached hydrogens (primary N) is 2. The molecule has 3 fully saturated rings. The molecule has 0 radical (unpaired) electrons. The van der Waals surface area contributed by atoms with Crippen molar-refractivity contribution in [3.05, 3.63) is 89.9 Å². The van der Waals surface area contributed by atoms with E-state index in [0.29, 0.717) is 48.1 Å². The van der Waals surface area contributed by atoms with Crippen molar-refractivity contribution < 1.29 is 91.6 Å². The lowest BCUT2D eigenvalue weighted by Gasteiger charge is -2.34. The van der Waals surface area contributed by atoms with E-state index in [9.17, 15) is 87.2 Å². The van der Waals surface area contributed by atoms with E-state index < -0.39 is 162 Å². The summed E-state index contributed by atoms with van der Waals surface area (Å²) < 4.78 is 15.1. The fourth-order valence-electron chi connectivity index (χ4n) is 13.5. The number of carbonyl (C=O) groups excluding carboxylic acids is 12. The summed E-state index contributed by atoms with van der Waals surface area (Å²) in [6.07, 6.45) is 3.76. The Hall–Kier alpha value is -10.7. The first-order chi connectivity index (χ1) is 54.2. The molecule has 624 valence electrons. The van der Waals surface area contributed by atoms with Gasteiger partial charge in [-0.1, -0.05) is 70.2 Å². The molecule has 0 aliphatic carbocycles. The highest BCUT2D eigenvalue weighted by Gasteiger charge is 2.40. The molecule has 3 aliphatic heterocycles. The molecule has 0 saturated carbocycles. The first kappa shape index (κ1) is 90.5. The molecule has 3 aliphatic rings. The summed E-state index contributed by atoms with van der Waals surface area (Å²) in [7, 11) is 0. The Labute approximate surface area is 662 Å². The number of hydrogen-bond acceptors (Lipinski definition) is 22. The van der Waals surface area contributed by atoms with Gasteiger partial charge in [0, 0.05) is 126 Å². The second-order valence-corrected chi connectivity index (χ2v) is 30.5. The second-order valence-electron chi connectivity index (χ2n) is 29.5. The SMILES string of the molecule is CC(C)CC(NC(=O)[C@H](Cc1cnc[nH]1)NC(=O)CNC(=O)[C@@H](NC(=O)[C@H](C)NC(=O)[C@H](Cc1c[nH]c2c(F)cccc12)NC(=O)[C@H](CCC(N)=O)NC(=O)[C@@H](Cc1ccccc1)NC(=O)CN1CCC(NC(=O)CN2CCN(CC(=O)O)CCN(CC(=O)O)CCN(CC(=O)O)CC2)CC1)C(C)C)C(=O)N1CSC[C@H]1C(N)=O. The number of imidazole rings is 1. The lowest BCUT2D eigenvalue weighted by atomic mass is 10.0. The molecule has 40 heteroatoms. The largest absolute Gasteiger partial charge is 0.480 e. The van der Waals surface area contributed by atoms with E-state index in [1.165, 1.54) is 54.4 Å². The Bertz CT molecular complexity index is 3970. The molecule has 1 unspecified atom stereocenters. The van der Waals surface area contributed by atoms with Crippen LogP contribution in [0, 0.1) is 17.7 Å². The van der Waals surface area contributed by atoms with Gasteiger partial charge in [0.05, 0.1) is 57.0 Å². The van der Waals surface area contributed by atoms with Crippen molar-refractivity contribution in [2.24, 2.45) is 23.3 Å². The third kappa shape index (κ3) is 29.7. The summed E-state index contributed by atoms with van der Waals surface area (Å²) in [6, 6.07) is 1.78. The number of carboxylic acids is 3. The number of carboxylic acid groups (broad SMARTS) is 3. The number of thioether (sulfide) groups is 1. The van der Waals surface area contributed by atoms with Gasteiger partial charge in [0.1, 0.15) is 54.2 Å². The number of nitrogens with zero attached hydrogens (tertiary/aromatic N) is 7. The van der Waals surface area contributed by atoms with E-state index in [2.05, 4.69) is 62.8 Å². The summed E-state index contributed by atoms with van der Waals surface area (Å²) in [5.74, 6) is -13.4. The Balaban J connectivity index is 0.984.